The number of carbonyl (C=O) groups excluding carboxylic acids is 1. The third-order valence-electron chi connectivity index (χ3n) is 3.72. The summed E-state index contributed by atoms with van der Waals surface area (Å²) in [6, 6.07) is 6.08. The van der Waals surface area contributed by atoms with Crippen LogP contribution in [0.2, 0.25) is 0 Å². The van der Waals surface area contributed by atoms with Crippen molar-refractivity contribution < 1.29 is 9.53 Å². The van der Waals surface area contributed by atoms with Crippen molar-refractivity contribution in [1.29, 1.82) is 0 Å². The average Bonchev–Trinajstić information content (AvgIpc) is 3.18. The van der Waals surface area contributed by atoms with Gasteiger partial charge in [0.1, 0.15) is 5.75 Å². The lowest BCUT2D eigenvalue weighted by atomic mass is 9.91. The van der Waals surface area contributed by atoms with E-state index in [0.717, 1.165) is 24.2 Å². The molecule has 18 heavy (non-hydrogen) atoms. The van der Waals surface area contributed by atoms with Crippen molar-refractivity contribution >= 4 is 5.91 Å². The Kier molecular flexibility index (Phi) is 3.30. The molecule has 1 amide bonds. The van der Waals surface area contributed by atoms with E-state index in [1.165, 1.54) is 5.56 Å². The van der Waals surface area contributed by atoms with Gasteiger partial charge in [0.15, 0.2) is 0 Å². The van der Waals surface area contributed by atoms with Crippen molar-refractivity contribution in [3.63, 3.8) is 0 Å². The number of methoxy groups -OCH3 is 1. The van der Waals surface area contributed by atoms with Crippen LogP contribution >= 0.6 is 0 Å². The number of nitrogens with two attached hydrogens (primary N) is 1. The number of hydrogen-bond acceptors (Lipinski definition) is 3. The number of benzene rings is 1. The van der Waals surface area contributed by atoms with Crippen LogP contribution in [-0.2, 0) is 10.2 Å². The monoisotopic (exact) mass is 248 g/mol. The van der Waals surface area contributed by atoms with Gasteiger partial charge in [-0.15, -0.1) is 0 Å². The van der Waals surface area contributed by atoms with Gasteiger partial charge in [0, 0.05) is 5.56 Å². The molecule has 1 fully saturated rings. The summed E-state index contributed by atoms with van der Waals surface area (Å²) in [7, 11) is 1.64. The van der Waals surface area contributed by atoms with Crippen LogP contribution in [0.25, 0.3) is 0 Å². The van der Waals surface area contributed by atoms with Crippen molar-refractivity contribution in [2.24, 2.45) is 5.84 Å². The molecule has 4 nitrogen and oxygen atoms in total. The molecular weight excluding hydrogens is 228 g/mol. The van der Waals surface area contributed by atoms with Crippen LogP contribution < -0.4 is 16.0 Å². The Bertz CT molecular complexity index is 465. The van der Waals surface area contributed by atoms with E-state index in [2.05, 4.69) is 25.3 Å². The molecule has 98 valence electrons. The zero-order chi connectivity index (χ0) is 13.3. The maximum atomic E-state index is 11.9. The lowest BCUT2D eigenvalue weighted by Gasteiger charge is -2.19. The molecular formula is C14H20N2O2. The van der Waals surface area contributed by atoms with Crippen LogP contribution in [0.3, 0.4) is 0 Å². The number of rotatable bonds is 4. The summed E-state index contributed by atoms with van der Waals surface area (Å²) < 4.78 is 5.44. The molecule has 0 aromatic heterocycles. The maximum absolute atomic E-state index is 11.9. The predicted octanol–water partition coefficient (Wildman–Crippen LogP) is 1.84. The van der Waals surface area contributed by atoms with E-state index < -0.39 is 5.41 Å². The minimum absolute atomic E-state index is 0.127. The summed E-state index contributed by atoms with van der Waals surface area (Å²) in [4.78, 5) is 11.9. The van der Waals surface area contributed by atoms with E-state index in [1.54, 1.807) is 7.11 Å². The molecule has 0 saturated heterocycles. The molecule has 0 atom stereocenters. The second-order valence-electron chi connectivity index (χ2n) is 5.17. The quantitative estimate of drug-likeness (QED) is 0.485. The minimum atomic E-state index is -0.477. The minimum Gasteiger partial charge on any atom is -0.496 e. The van der Waals surface area contributed by atoms with Crippen LogP contribution in [0.15, 0.2) is 18.2 Å². The third-order valence-corrected chi connectivity index (χ3v) is 3.72. The van der Waals surface area contributed by atoms with E-state index >= 15 is 0 Å². The topological polar surface area (TPSA) is 64.3 Å². The Morgan fingerprint density at radius 1 is 1.44 bits per heavy atom. The molecule has 0 heterocycles. The van der Waals surface area contributed by atoms with Gasteiger partial charge in [0.05, 0.1) is 12.5 Å². The van der Waals surface area contributed by atoms with Gasteiger partial charge in [0.2, 0.25) is 5.91 Å². The normalized spacial score (nSPS) is 16.5. The van der Waals surface area contributed by atoms with E-state index in [4.69, 9.17) is 10.6 Å². The molecule has 1 aromatic rings. The molecule has 1 aromatic carbocycles. The largest absolute Gasteiger partial charge is 0.496 e. The van der Waals surface area contributed by atoms with Gasteiger partial charge in [-0.25, -0.2) is 5.84 Å². The van der Waals surface area contributed by atoms with E-state index in [9.17, 15) is 4.79 Å². The van der Waals surface area contributed by atoms with E-state index in [1.807, 2.05) is 12.1 Å². The lowest BCUT2D eigenvalue weighted by Crippen LogP contribution is -2.39. The molecule has 0 aliphatic heterocycles. The molecule has 0 unspecified atom stereocenters. The highest BCUT2D eigenvalue weighted by Crippen LogP contribution is 2.51. The zero-order valence-corrected chi connectivity index (χ0v) is 11.1. The number of carbonyl (C=O) groups is 1. The highest BCUT2D eigenvalue weighted by atomic mass is 16.5. The zero-order valence-electron chi connectivity index (χ0n) is 11.1. The number of hydrogen-bond donors (Lipinski definition) is 2. The van der Waals surface area contributed by atoms with Gasteiger partial charge in [0.25, 0.3) is 0 Å². The SMILES string of the molecule is COc1cc(C(C)C)ccc1C1(C(=O)NN)CC1. The van der Waals surface area contributed by atoms with Crippen molar-refractivity contribution in [2.75, 3.05) is 7.11 Å². The van der Waals surface area contributed by atoms with Crippen LogP contribution in [0.4, 0.5) is 0 Å². The Morgan fingerprint density at radius 2 is 2.11 bits per heavy atom. The first kappa shape index (κ1) is 12.9. The molecule has 1 aliphatic carbocycles. The van der Waals surface area contributed by atoms with Crippen LogP contribution in [0.1, 0.15) is 43.7 Å². The molecule has 1 saturated carbocycles. The highest BCUT2D eigenvalue weighted by molar-refractivity contribution is 5.91. The standard InChI is InChI=1S/C14H20N2O2/c1-9(2)10-4-5-11(12(8-10)18-3)14(6-7-14)13(17)16-15/h4-5,8-9H,6-7,15H2,1-3H3,(H,16,17). The second kappa shape index (κ2) is 4.61. The first-order valence-electron chi connectivity index (χ1n) is 6.24. The Balaban J connectivity index is 2.43. The Morgan fingerprint density at radius 3 is 2.56 bits per heavy atom. The van der Waals surface area contributed by atoms with Crippen LogP contribution in [0.5, 0.6) is 5.75 Å². The fraction of sp³-hybridized carbons (Fsp3) is 0.500. The van der Waals surface area contributed by atoms with Crippen molar-refractivity contribution in [2.45, 2.75) is 38.0 Å². The third kappa shape index (κ3) is 1.97. The predicted molar refractivity (Wildman–Crippen MR) is 70.3 cm³/mol. The fourth-order valence-electron chi connectivity index (χ4n) is 2.34. The van der Waals surface area contributed by atoms with Crippen LogP contribution in [-0.4, -0.2) is 13.0 Å². The maximum Gasteiger partial charge on any atom is 0.244 e. The average molecular weight is 248 g/mol. The van der Waals surface area contributed by atoms with E-state index in [-0.39, 0.29) is 5.91 Å². The van der Waals surface area contributed by atoms with Crippen LogP contribution in [0, 0.1) is 0 Å². The number of ether oxygens (including phenoxy) is 1. The molecule has 0 spiro atoms. The molecule has 0 radical (unpaired) electrons. The Labute approximate surface area is 107 Å². The summed E-state index contributed by atoms with van der Waals surface area (Å²) in [5.74, 6) is 6.35. The fourth-order valence-corrected chi connectivity index (χ4v) is 2.34. The number of amides is 1. The molecule has 2 rings (SSSR count). The second-order valence-corrected chi connectivity index (χ2v) is 5.17. The van der Waals surface area contributed by atoms with Crippen molar-refractivity contribution in [3.05, 3.63) is 29.3 Å². The van der Waals surface area contributed by atoms with Gasteiger partial charge >= 0.3 is 0 Å². The van der Waals surface area contributed by atoms with Gasteiger partial charge < -0.3 is 4.74 Å². The highest BCUT2D eigenvalue weighted by Gasteiger charge is 2.52. The summed E-state index contributed by atoms with van der Waals surface area (Å²) in [5, 5.41) is 0. The Hall–Kier alpha value is -1.55. The first-order chi connectivity index (χ1) is 8.55. The molecule has 1 aliphatic rings. The molecule has 0 bridgehead atoms. The van der Waals surface area contributed by atoms with Gasteiger partial charge in [-0.1, -0.05) is 26.0 Å². The number of nitrogens with one attached hydrogen (secondary N) is 1. The lowest BCUT2D eigenvalue weighted by molar-refractivity contribution is -0.123. The van der Waals surface area contributed by atoms with Gasteiger partial charge in [-0.05, 0) is 30.4 Å². The first-order valence-corrected chi connectivity index (χ1v) is 6.24. The van der Waals surface area contributed by atoms with Gasteiger partial charge in [-0.2, -0.15) is 0 Å². The molecule has 3 N–H and O–H groups in total. The van der Waals surface area contributed by atoms with E-state index in [0.29, 0.717) is 5.92 Å². The summed E-state index contributed by atoms with van der Waals surface area (Å²) in [5.41, 5.74) is 3.93. The molecule has 4 heteroatoms. The van der Waals surface area contributed by atoms with Gasteiger partial charge in [-0.3, -0.25) is 10.2 Å². The van der Waals surface area contributed by atoms with Crippen molar-refractivity contribution in [3.8, 4) is 5.75 Å². The van der Waals surface area contributed by atoms with Crippen molar-refractivity contribution in [1.82, 2.24) is 5.43 Å². The smallest absolute Gasteiger partial charge is 0.244 e. The summed E-state index contributed by atoms with van der Waals surface area (Å²) in [6.07, 6.45) is 1.65. The summed E-state index contributed by atoms with van der Waals surface area (Å²) in [6.45, 7) is 4.27. The summed E-state index contributed by atoms with van der Waals surface area (Å²) >= 11 is 0. The number of hydrazine groups is 1.